The van der Waals surface area contributed by atoms with Crippen molar-refractivity contribution in [2.75, 3.05) is 19.8 Å². The van der Waals surface area contributed by atoms with Gasteiger partial charge in [-0.1, -0.05) is 53.5 Å². The first kappa shape index (κ1) is 31.7. The first-order valence-corrected chi connectivity index (χ1v) is 14.0. The van der Waals surface area contributed by atoms with Gasteiger partial charge in [0.1, 0.15) is 19.3 Å². The van der Waals surface area contributed by atoms with Crippen LogP contribution in [0.2, 0.25) is 0 Å². The standard InChI is InChI=1S/C29H50O8/c1-9-10-11-12-13-14-15-32-28-22(6)20(4)27(26(36-28)17-34-24(8)31)37-29-21(5)18(2)19(3)25(35-29)16-33-23(7)30/h9,18-22,25-29H,1,10-17H2,2-8H3/t18-,19+,20+,21?,22?,25?,26?,27+,28+,29-/m0/s1. The lowest BCUT2D eigenvalue weighted by Gasteiger charge is -2.48. The monoisotopic (exact) mass is 526 g/mol. The third-order valence-corrected chi connectivity index (χ3v) is 8.21. The Morgan fingerprint density at radius 1 is 0.730 bits per heavy atom. The fourth-order valence-corrected chi connectivity index (χ4v) is 5.13. The molecule has 2 aliphatic heterocycles. The molecule has 4 unspecified atom stereocenters. The molecule has 2 saturated heterocycles. The first-order valence-electron chi connectivity index (χ1n) is 14.0. The average molecular weight is 527 g/mol. The Kier molecular flexibility index (Phi) is 13.6. The molecule has 0 aromatic heterocycles. The van der Waals surface area contributed by atoms with Gasteiger partial charge in [0.25, 0.3) is 0 Å². The van der Waals surface area contributed by atoms with E-state index in [1.807, 2.05) is 6.08 Å². The van der Waals surface area contributed by atoms with E-state index >= 15 is 0 Å². The maximum atomic E-state index is 11.6. The van der Waals surface area contributed by atoms with Crippen molar-refractivity contribution in [3.63, 3.8) is 0 Å². The minimum absolute atomic E-state index is 0.0734. The van der Waals surface area contributed by atoms with Crippen molar-refractivity contribution in [2.45, 2.75) is 111 Å². The molecule has 8 heteroatoms. The number of hydrogen-bond acceptors (Lipinski definition) is 8. The van der Waals surface area contributed by atoms with Gasteiger partial charge in [-0.25, -0.2) is 0 Å². The number of hydrogen-bond donors (Lipinski definition) is 0. The summed E-state index contributed by atoms with van der Waals surface area (Å²) in [6.45, 7) is 18.1. The molecule has 0 N–H and O–H groups in total. The van der Waals surface area contributed by atoms with E-state index in [0.29, 0.717) is 12.5 Å². The molecule has 2 fully saturated rings. The number of ether oxygens (including phenoxy) is 6. The number of rotatable bonds is 14. The van der Waals surface area contributed by atoms with Gasteiger partial charge in [0, 0.05) is 32.3 Å². The maximum absolute atomic E-state index is 11.6. The van der Waals surface area contributed by atoms with Crippen LogP contribution in [0.1, 0.15) is 80.6 Å². The fourth-order valence-electron chi connectivity index (χ4n) is 5.13. The molecule has 0 bridgehead atoms. The number of allylic oxidation sites excluding steroid dienone is 1. The molecule has 10 atom stereocenters. The number of carbonyl (C=O) groups excluding carboxylic acids is 2. The van der Waals surface area contributed by atoms with Gasteiger partial charge in [-0.2, -0.15) is 0 Å². The highest BCUT2D eigenvalue weighted by molar-refractivity contribution is 5.66. The van der Waals surface area contributed by atoms with Crippen LogP contribution < -0.4 is 0 Å². The van der Waals surface area contributed by atoms with Crippen molar-refractivity contribution in [1.82, 2.24) is 0 Å². The summed E-state index contributed by atoms with van der Waals surface area (Å²) in [7, 11) is 0. The van der Waals surface area contributed by atoms with E-state index in [1.165, 1.54) is 13.8 Å². The van der Waals surface area contributed by atoms with Crippen LogP contribution >= 0.6 is 0 Å². The fraction of sp³-hybridized carbons (Fsp3) is 0.862. The van der Waals surface area contributed by atoms with E-state index in [1.54, 1.807) is 0 Å². The van der Waals surface area contributed by atoms with E-state index in [9.17, 15) is 9.59 Å². The van der Waals surface area contributed by atoms with Gasteiger partial charge in [0.2, 0.25) is 0 Å². The Morgan fingerprint density at radius 3 is 1.92 bits per heavy atom. The molecule has 0 aliphatic carbocycles. The summed E-state index contributed by atoms with van der Waals surface area (Å²) in [4.78, 5) is 23.0. The van der Waals surface area contributed by atoms with Crippen LogP contribution in [0.3, 0.4) is 0 Å². The van der Waals surface area contributed by atoms with E-state index in [-0.39, 0.29) is 61.0 Å². The lowest BCUT2D eigenvalue weighted by Crippen LogP contribution is -2.56. The molecular weight excluding hydrogens is 476 g/mol. The smallest absolute Gasteiger partial charge is 0.302 e. The highest BCUT2D eigenvalue weighted by Crippen LogP contribution is 2.40. The van der Waals surface area contributed by atoms with E-state index < -0.39 is 18.7 Å². The molecule has 0 spiro atoms. The summed E-state index contributed by atoms with van der Waals surface area (Å²) in [5.41, 5.74) is 0. The van der Waals surface area contributed by atoms with E-state index in [2.05, 4.69) is 41.2 Å². The molecule has 2 aliphatic rings. The second kappa shape index (κ2) is 15.8. The molecule has 0 aromatic carbocycles. The minimum atomic E-state index is -0.497. The van der Waals surface area contributed by atoms with E-state index in [4.69, 9.17) is 28.4 Å². The predicted molar refractivity (Wildman–Crippen MR) is 141 cm³/mol. The van der Waals surface area contributed by atoms with Gasteiger partial charge in [-0.15, -0.1) is 6.58 Å². The number of carbonyl (C=O) groups is 2. The van der Waals surface area contributed by atoms with Crippen LogP contribution in [0, 0.1) is 29.6 Å². The third-order valence-electron chi connectivity index (χ3n) is 8.21. The lowest BCUT2D eigenvalue weighted by molar-refractivity contribution is -0.328. The molecule has 37 heavy (non-hydrogen) atoms. The Hall–Kier alpha value is -1.48. The zero-order valence-electron chi connectivity index (χ0n) is 24.0. The summed E-state index contributed by atoms with van der Waals surface area (Å²) in [5, 5.41) is 0. The molecule has 2 rings (SSSR count). The summed E-state index contributed by atoms with van der Waals surface area (Å²) in [6, 6.07) is 0. The highest BCUT2D eigenvalue weighted by Gasteiger charge is 2.47. The average Bonchev–Trinajstić information content (AvgIpc) is 2.85. The summed E-state index contributed by atoms with van der Waals surface area (Å²) in [6.07, 6.45) is 5.41. The quantitative estimate of drug-likeness (QED) is 0.172. The topological polar surface area (TPSA) is 89.5 Å². The summed E-state index contributed by atoms with van der Waals surface area (Å²) >= 11 is 0. The Balaban J connectivity index is 2.05. The normalized spacial score (nSPS) is 36.1. The zero-order chi connectivity index (χ0) is 27.5. The van der Waals surface area contributed by atoms with Gasteiger partial charge in [0.05, 0.1) is 12.2 Å². The van der Waals surface area contributed by atoms with Crippen LogP contribution in [-0.4, -0.2) is 62.7 Å². The minimum Gasteiger partial charge on any atom is -0.463 e. The molecule has 0 aromatic rings. The Morgan fingerprint density at radius 2 is 1.30 bits per heavy atom. The summed E-state index contributed by atoms with van der Waals surface area (Å²) in [5.74, 6) is 0.0838. The molecule has 8 nitrogen and oxygen atoms in total. The Bertz CT molecular complexity index is 712. The molecule has 214 valence electrons. The van der Waals surface area contributed by atoms with Crippen LogP contribution in [0.5, 0.6) is 0 Å². The van der Waals surface area contributed by atoms with Crippen LogP contribution in [-0.2, 0) is 38.0 Å². The maximum Gasteiger partial charge on any atom is 0.302 e. The molecule has 0 saturated carbocycles. The SMILES string of the molecule is C=CCCCCCCO[C@@H]1OC(COC(C)=O)[C@H](O[C@@H]2OC(COC(C)=O)[C@H](C)[C@H](C)C2C)[C@H](C)C1C. The van der Waals surface area contributed by atoms with Crippen molar-refractivity contribution in [1.29, 1.82) is 0 Å². The van der Waals surface area contributed by atoms with Gasteiger partial charge in [0.15, 0.2) is 12.6 Å². The molecule has 0 amide bonds. The van der Waals surface area contributed by atoms with Crippen molar-refractivity contribution in [3.05, 3.63) is 12.7 Å². The molecule has 0 radical (unpaired) electrons. The van der Waals surface area contributed by atoms with E-state index in [0.717, 1.165) is 32.1 Å². The lowest BCUT2D eigenvalue weighted by atomic mass is 9.78. The van der Waals surface area contributed by atoms with Crippen molar-refractivity contribution >= 4 is 11.9 Å². The van der Waals surface area contributed by atoms with Crippen molar-refractivity contribution < 1.29 is 38.0 Å². The third kappa shape index (κ3) is 9.65. The largest absolute Gasteiger partial charge is 0.463 e. The second-order valence-corrected chi connectivity index (χ2v) is 10.9. The van der Waals surface area contributed by atoms with Crippen LogP contribution in [0.25, 0.3) is 0 Å². The van der Waals surface area contributed by atoms with Gasteiger partial charge in [-0.05, 0) is 37.0 Å². The van der Waals surface area contributed by atoms with Crippen molar-refractivity contribution in [3.8, 4) is 0 Å². The Labute approximate surface area is 223 Å². The van der Waals surface area contributed by atoms with Crippen molar-refractivity contribution in [2.24, 2.45) is 29.6 Å². The van der Waals surface area contributed by atoms with Gasteiger partial charge >= 0.3 is 11.9 Å². The van der Waals surface area contributed by atoms with Gasteiger partial charge in [-0.3, -0.25) is 9.59 Å². The van der Waals surface area contributed by atoms with Crippen LogP contribution in [0.15, 0.2) is 12.7 Å². The molecular formula is C29H50O8. The second-order valence-electron chi connectivity index (χ2n) is 10.9. The van der Waals surface area contributed by atoms with Crippen LogP contribution in [0.4, 0.5) is 0 Å². The number of unbranched alkanes of at least 4 members (excludes halogenated alkanes) is 4. The molecule has 2 heterocycles. The predicted octanol–water partition coefficient (Wildman–Crippen LogP) is 5.28. The highest BCUT2D eigenvalue weighted by atomic mass is 16.7. The zero-order valence-corrected chi connectivity index (χ0v) is 24.0. The first-order chi connectivity index (χ1) is 17.6. The number of esters is 2. The van der Waals surface area contributed by atoms with Gasteiger partial charge < -0.3 is 28.4 Å². The summed E-state index contributed by atoms with van der Waals surface area (Å²) < 4.78 is 36.1.